The third-order valence-electron chi connectivity index (χ3n) is 5.56. The van der Waals surface area contributed by atoms with Gasteiger partial charge in [-0.25, -0.2) is 4.79 Å². The molecule has 2 N–H and O–H groups in total. The second-order valence-electron chi connectivity index (χ2n) is 7.72. The van der Waals surface area contributed by atoms with Crippen molar-refractivity contribution >= 4 is 34.1 Å². The molecule has 0 unspecified atom stereocenters. The van der Waals surface area contributed by atoms with Crippen molar-refractivity contribution < 1.29 is 19.8 Å². The van der Waals surface area contributed by atoms with Crippen LogP contribution in [-0.4, -0.2) is 42.9 Å². The molecule has 0 atom stereocenters. The Labute approximate surface area is 199 Å². The lowest BCUT2D eigenvalue weighted by Crippen LogP contribution is -2.28. The molecule has 4 rings (SSSR count). The number of hydrogen-bond donors (Lipinski definition) is 2. The largest absolute Gasteiger partial charge is 0.477 e. The summed E-state index contributed by atoms with van der Waals surface area (Å²) in [5, 5.41) is 24.4. The van der Waals surface area contributed by atoms with E-state index in [-0.39, 0.29) is 49.0 Å². The van der Waals surface area contributed by atoms with Crippen molar-refractivity contribution in [3.05, 3.63) is 87.1 Å². The highest BCUT2D eigenvalue weighted by atomic mass is 35.5. The fourth-order valence-corrected chi connectivity index (χ4v) is 4.24. The van der Waals surface area contributed by atoms with Crippen LogP contribution in [0.25, 0.3) is 21.9 Å². The van der Waals surface area contributed by atoms with Crippen LogP contribution in [0.2, 0.25) is 5.02 Å². The predicted octanol–water partition coefficient (Wildman–Crippen LogP) is 3.85. The Balaban J connectivity index is 2.05. The van der Waals surface area contributed by atoms with Gasteiger partial charge >= 0.3 is 5.97 Å². The summed E-state index contributed by atoms with van der Waals surface area (Å²) in [4.78, 5) is 38.5. The van der Waals surface area contributed by atoms with Gasteiger partial charge in [0.15, 0.2) is 5.78 Å². The molecule has 0 saturated heterocycles. The van der Waals surface area contributed by atoms with Gasteiger partial charge in [0, 0.05) is 22.4 Å². The van der Waals surface area contributed by atoms with Crippen LogP contribution in [0.4, 0.5) is 0 Å². The van der Waals surface area contributed by atoms with E-state index in [0.717, 1.165) is 5.56 Å². The molecule has 0 aliphatic carbocycles. The minimum absolute atomic E-state index is 0.0111. The van der Waals surface area contributed by atoms with Gasteiger partial charge in [-0.15, -0.1) is 0 Å². The number of carbonyl (C=O) groups excluding carboxylic acids is 1. The maximum absolute atomic E-state index is 13.6. The van der Waals surface area contributed by atoms with Gasteiger partial charge in [0.25, 0.3) is 5.56 Å². The molecule has 0 bridgehead atoms. The number of aliphatic hydroxyl groups excluding tert-OH is 1. The molecule has 2 aromatic heterocycles. The van der Waals surface area contributed by atoms with Crippen molar-refractivity contribution in [3.8, 4) is 11.1 Å². The molecular formula is C25H22ClN3O5. The summed E-state index contributed by atoms with van der Waals surface area (Å²) >= 11 is 6.26. The summed E-state index contributed by atoms with van der Waals surface area (Å²) in [7, 11) is 0. The van der Waals surface area contributed by atoms with Gasteiger partial charge in [0.2, 0.25) is 0 Å². The van der Waals surface area contributed by atoms with Crippen molar-refractivity contribution in [1.29, 1.82) is 0 Å². The lowest BCUT2D eigenvalue weighted by atomic mass is 9.94. The summed E-state index contributed by atoms with van der Waals surface area (Å²) in [5.74, 6) is -1.45. The maximum Gasteiger partial charge on any atom is 0.354 e. The number of pyridine rings is 1. The van der Waals surface area contributed by atoms with Crippen molar-refractivity contribution in [1.82, 2.24) is 14.3 Å². The van der Waals surface area contributed by atoms with Crippen molar-refractivity contribution in [3.63, 3.8) is 0 Å². The Morgan fingerprint density at radius 1 is 1.06 bits per heavy atom. The molecule has 0 fully saturated rings. The van der Waals surface area contributed by atoms with E-state index in [1.165, 1.54) is 15.3 Å². The first kappa shape index (κ1) is 23.4. The average Bonchev–Trinajstić information content (AvgIpc) is 3.23. The highest BCUT2D eigenvalue weighted by Crippen LogP contribution is 2.33. The van der Waals surface area contributed by atoms with Crippen LogP contribution in [0.1, 0.15) is 40.0 Å². The standard InChI is InChI=1S/C25H22ClN3O5/c1-2-21(31)23-22(15-6-4-3-5-7-15)19-12-16(26)8-9-18(19)24(32)28(23)14-17-13-20(25(33)34)29(27-17)10-11-30/h3-9,12-13,30H,2,10-11,14H2,1H3,(H,33,34). The molecule has 2 heterocycles. The number of benzene rings is 2. The zero-order valence-corrected chi connectivity index (χ0v) is 19.1. The Hall–Kier alpha value is -3.75. The number of carboxylic acids is 1. The van der Waals surface area contributed by atoms with Gasteiger partial charge < -0.3 is 10.2 Å². The molecule has 0 aliphatic heterocycles. The molecule has 0 saturated carbocycles. The van der Waals surface area contributed by atoms with Crippen molar-refractivity contribution in [2.24, 2.45) is 0 Å². The summed E-state index contributed by atoms with van der Waals surface area (Å²) in [5.41, 5.74) is 1.30. The highest BCUT2D eigenvalue weighted by Gasteiger charge is 2.24. The molecule has 0 aliphatic rings. The number of ketones is 1. The van der Waals surface area contributed by atoms with Gasteiger partial charge in [0.05, 0.1) is 31.1 Å². The second-order valence-corrected chi connectivity index (χ2v) is 8.16. The van der Waals surface area contributed by atoms with Gasteiger partial charge in [-0.2, -0.15) is 5.10 Å². The normalized spacial score (nSPS) is 11.1. The van der Waals surface area contributed by atoms with Crippen LogP contribution in [0, 0.1) is 0 Å². The fourth-order valence-electron chi connectivity index (χ4n) is 4.07. The van der Waals surface area contributed by atoms with Gasteiger partial charge in [0.1, 0.15) is 5.69 Å². The number of carboxylic acid groups (broad SMARTS) is 1. The maximum atomic E-state index is 13.6. The third-order valence-corrected chi connectivity index (χ3v) is 5.80. The molecule has 9 heteroatoms. The molecule has 174 valence electrons. The van der Waals surface area contributed by atoms with Crippen molar-refractivity contribution in [2.45, 2.75) is 26.4 Å². The average molecular weight is 480 g/mol. The van der Waals surface area contributed by atoms with Crippen LogP contribution >= 0.6 is 11.6 Å². The van der Waals surface area contributed by atoms with E-state index in [2.05, 4.69) is 5.10 Å². The lowest BCUT2D eigenvalue weighted by Gasteiger charge is -2.19. The van der Waals surface area contributed by atoms with E-state index in [4.69, 9.17) is 11.6 Å². The molecule has 4 aromatic rings. The number of aromatic nitrogens is 3. The van der Waals surface area contributed by atoms with E-state index < -0.39 is 11.5 Å². The molecule has 0 amide bonds. The Bertz CT molecular complexity index is 1460. The summed E-state index contributed by atoms with van der Waals surface area (Å²) in [6, 6.07) is 15.5. The first-order valence-corrected chi connectivity index (χ1v) is 11.1. The smallest absolute Gasteiger partial charge is 0.354 e. The minimum atomic E-state index is -1.21. The number of carbonyl (C=O) groups is 2. The van der Waals surface area contributed by atoms with Crippen LogP contribution in [0.5, 0.6) is 0 Å². The molecule has 34 heavy (non-hydrogen) atoms. The summed E-state index contributed by atoms with van der Waals surface area (Å²) < 4.78 is 2.52. The fraction of sp³-hybridized carbons (Fsp3) is 0.200. The van der Waals surface area contributed by atoms with E-state index in [1.54, 1.807) is 25.1 Å². The van der Waals surface area contributed by atoms with Crippen LogP contribution < -0.4 is 5.56 Å². The van der Waals surface area contributed by atoms with Crippen LogP contribution in [-0.2, 0) is 13.1 Å². The number of Topliss-reactive ketones (excluding diaryl/α,β-unsaturated/α-hetero) is 1. The predicted molar refractivity (Wildman–Crippen MR) is 129 cm³/mol. The zero-order valence-electron chi connectivity index (χ0n) is 18.4. The Morgan fingerprint density at radius 3 is 2.44 bits per heavy atom. The topological polar surface area (TPSA) is 114 Å². The highest BCUT2D eigenvalue weighted by molar-refractivity contribution is 6.31. The van der Waals surface area contributed by atoms with E-state index in [1.807, 2.05) is 30.3 Å². The van der Waals surface area contributed by atoms with Gasteiger partial charge in [-0.3, -0.25) is 18.8 Å². The number of fused-ring (bicyclic) bond motifs is 1. The molecule has 8 nitrogen and oxygen atoms in total. The number of hydrogen-bond acceptors (Lipinski definition) is 5. The number of aromatic carboxylic acids is 1. The van der Waals surface area contributed by atoms with Gasteiger partial charge in [-0.05, 0) is 35.2 Å². The number of rotatable bonds is 8. The summed E-state index contributed by atoms with van der Waals surface area (Å²) in [6.07, 6.45) is 0.157. The Kier molecular flexibility index (Phi) is 6.63. The molecule has 0 spiro atoms. The first-order valence-electron chi connectivity index (χ1n) is 10.7. The van der Waals surface area contributed by atoms with Crippen LogP contribution in [0.15, 0.2) is 59.4 Å². The third kappa shape index (κ3) is 4.25. The Morgan fingerprint density at radius 2 is 1.79 bits per heavy atom. The van der Waals surface area contributed by atoms with Crippen LogP contribution in [0.3, 0.4) is 0 Å². The monoisotopic (exact) mass is 479 g/mol. The van der Waals surface area contributed by atoms with Gasteiger partial charge in [-0.1, -0.05) is 48.9 Å². The zero-order chi connectivity index (χ0) is 24.4. The number of aliphatic hydroxyl groups is 1. The van der Waals surface area contributed by atoms with E-state index in [9.17, 15) is 24.6 Å². The van der Waals surface area contributed by atoms with E-state index in [0.29, 0.717) is 21.4 Å². The minimum Gasteiger partial charge on any atom is -0.477 e. The van der Waals surface area contributed by atoms with Crippen molar-refractivity contribution in [2.75, 3.05) is 6.61 Å². The molecule has 0 radical (unpaired) electrons. The quantitative estimate of drug-likeness (QED) is 0.371. The van der Waals surface area contributed by atoms with E-state index >= 15 is 0 Å². The summed E-state index contributed by atoms with van der Waals surface area (Å²) in [6.45, 7) is 1.29. The second kappa shape index (κ2) is 9.62. The lowest BCUT2D eigenvalue weighted by molar-refractivity contribution is 0.0681. The first-order chi connectivity index (χ1) is 16.3. The molecule has 2 aromatic carbocycles. The molecular weight excluding hydrogens is 458 g/mol. The number of halogens is 1. The number of nitrogens with zero attached hydrogens (tertiary/aromatic N) is 3. The SMILES string of the molecule is CCC(=O)c1c(-c2ccccc2)c2cc(Cl)ccc2c(=O)n1Cc1cc(C(=O)O)n(CCO)n1.